The quantitative estimate of drug-likeness (QED) is 0.889. The van der Waals surface area contributed by atoms with Crippen molar-refractivity contribution >= 4 is 11.6 Å². The molecular formula is C14H16N2O3. The van der Waals surface area contributed by atoms with Crippen molar-refractivity contribution in [1.82, 2.24) is 0 Å². The Labute approximate surface area is 111 Å². The van der Waals surface area contributed by atoms with Gasteiger partial charge in [-0.15, -0.1) is 0 Å². The molecule has 0 spiro atoms. The third-order valence-corrected chi connectivity index (χ3v) is 2.73. The van der Waals surface area contributed by atoms with Gasteiger partial charge in [-0.3, -0.25) is 4.79 Å². The van der Waals surface area contributed by atoms with Crippen LogP contribution in [0.4, 0.5) is 5.69 Å². The molecule has 5 heteroatoms. The van der Waals surface area contributed by atoms with Gasteiger partial charge in [-0.2, -0.15) is 0 Å². The van der Waals surface area contributed by atoms with Gasteiger partial charge >= 0.3 is 0 Å². The second-order valence-corrected chi connectivity index (χ2v) is 3.96. The van der Waals surface area contributed by atoms with Gasteiger partial charge in [0, 0.05) is 11.8 Å². The zero-order valence-electron chi connectivity index (χ0n) is 10.7. The normalized spacial score (nSPS) is 10.2. The first-order chi connectivity index (χ1) is 9.24. The lowest BCUT2D eigenvalue weighted by molar-refractivity contribution is -0.117. The van der Waals surface area contributed by atoms with E-state index in [1.54, 1.807) is 30.4 Å². The molecule has 2 aromatic rings. The van der Waals surface area contributed by atoms with Crippen molar-refractivity contribution in [3.05, 3.63) is 48.4 Å². The summed E-state index contributed by atoms with van der Waals surface area (Å²) in [6.07, 6.45) is 1.58. The molecule has 0 aliphatic carbocycles. The number of rotatable bonds is 5. The topological polar surface area (TPSA) is 68.7 Å². The molecule has 1 aromatic heterocycles. The highest BCUT2D eigenvalue weighted by Gasteiger charge is 2.16. The molecule has 1 amide bonds. The summed E-state index contributed by atoms with van der Waals surface area (Å²) >= 11 is 0. The van der Waals surface area contributed by atoms with Crippen LogP contribution in [-0.4, -0.2) is 19.6 Å². The molecule has 100 valence electrons. The van der Waals surface area contributed by atoms with E-state index < -0.39 is 0 Å². The average molecular weight is 260 g/mol. The Morgan fingerprint density at radius 1 is 1.37 bits per heavy atom. The second-order valence-electron chi connectivity index (χ2n) is 3.96. The summed E-state index contributed by atoms with van der Waals surface area (Å²) in [5.74, 6) is 1.21. The molecule has 0 atom stereocenters. The molecule has 0 saturated carbocycles. The van der Waals surface area contributed by atoms with Crippen molar-refractivity contribution in [3.63, 3.8) is 0 Å². The lowest BCUT2D eigenvalue weighted by atomic mass is 10.2. The molecule has 0 fully saturated rings. The van der Waals surface area contributed by atoms with E-state index in [0.717, 1.165) is 5.69 Å². The van der Waals surface area contributed by atoms with Crippen molar-refractivity contribution in [1.29, 1.82) is 0 Å². The minimum absolute atomic E-state index is 0.0576. The number of hydrogen-bond donors (Lipinski definition) is 1. The summed E-state index contributed by atoms with van der Waals surface area (Å²) in [4.78, 5) is 13.5. The van der Waals surface area contributed by atoms with Gasteiger partial charge in [0.15, 0.2) is 0 Å². The molecular weight excluding hydrogens is 244 g/mol. The first-order valence-corrected chi connectivity index (χ1v) is 5.91. The molecule has 0 aliphatic rings. The summed E-state index contributed by atoms with van der Waals surface area (Å²) in [6, 6.07) is 10.9. The predicted octanol–water partition coefficient (Wildman–Crippen LogP) is 1.78. The lowest BCUT2D eigenvalue weighted by Gasteiger charge is -2.21. The zero-order chi connectivity index (χ0) is 13.7. The van der Waals surface area contributed by atoms with E-state index >= 15 is 0 Å². The van der Waals surface area contributed by atoms with Crippen molar-refractivity contribution < 1.29 is 13.9 Å². The first-order valence-electron chi connectivity index (χ1n) is 5.91. The van der Waals surface area contributed by atoms with Crippen LogP contribution >= 0.6 is 0 Å². The minimum Gasteiger partial charge on any atom is -0.497 e. The van der Waals surface area contributed by atoms with Crippen LogP contribution in [0.3, 0.4) is 0 Å². The molecule has 5 nitrogen and oxygen atoms in total. The maximum atomic E-state index is 12.0. The molecule has 19 heavy (non-hydrogen) atoms. The van der Waals surface area contributed by atoms with Gasteiger partial charge < -0.3 is 19.8 Å². The number of carbonyl (C=O) groups is 1. The molecule has 0 radical (unpaired) electrons. The number of nitrogens with two attached hydrogens (primary N) is 1. The van der Waals surface area contributed by atoms with E-state index in [0.29, 0.717) is 18.1 Å². The third-order valence-electron chi connectivity index (χ3n) is 2.73. The highest BCUT2D eigenvalue weighted by atomic mass is 16.5. The first kappa shape index (κ1) is 13.2. The van der Waals surface area contributed by atoms with Crippen LogP contribution in [0, 0.1) is 0 Å². The summed E-state index contributed by atoms with van der Waals surface area (Å²) < 4.78 is 10.4. The fourth-order valence-electron chi connectivity index (χ4n) is 1.77. The molecule has 1 heterocycles. The van der Waals surface area contributed by atoms with Gasteiger partial charge in [-0.25, -0.2) is 0 Å². The van der Waals surface area contributed by atoms with Gasteiger partial charge in [-0.1, -0.05) is 6.07 Å². The van der Waals surface area contributed by atoms with Crippen LogP contribution < -0.4 is 15.4 Å². The summed E-state index contributed by atoms with van der Waals surface area (Å²) in [5.41, 5.74) is 6.18. The van der Waals surface area contributed by atoms with E-state index in [1.807, 2.05) is 24.3 Å². The Bertz CT molecular complexity index is 537. The second kappa shape index (κ2) is 6.06. The zero-order valence-corrected chi connectivity index (χ0v) is 10.7. The van der Waals surface area contributed by atoms with E-state index in [1.165, 1.54) is 0 Å². The van der Waals surface area contributed by atoms with Crippen molar-refractivity contribution in [3.8, 4) is 5.75 Å². The van der Waals surface area contributed by atoms with Gasteiger partial charge in [-0.05, 0) is 24.3 Å². The van der Waals surface area contributed by atoms with Gasteiger partial charge in [0.1, 0.15) is 11.5 Å². The molecule has 0 saturated heterocycles. The van der Waals surface area contributed by atoms with E-state index in [9.17, 15) is 4.79 Å². The van der Waals surface area contributed by atoms with E-state index in [2.05, 4.69) is 0 Å². The summed E-state index contributed by atoms with van der Waals surface area (Å²) in [5, 5.41) is 0. The number of nitrogens with zero attached hydrogens (tertiary/aromatic N) is 1. The molecule has 2 rings (SSSR count). The molecule has 0 bridgehead atoms. The Balaban J connectivity index is 2.28. The number of anilines is 1. The minimum atomic E-state index is -0.176. The standard InChI is InChI=1S/C14H16N2O3/c1-18-12-5-2-4-11(8-12)16(14(17)9-15)10-13-6-3-7-19-13/h2-8H,9-10,15H2,1H3. The van der Waals surface area contributed by atoms with Crippen LogP contribution in [0.5, 0.6) is 5.75 Å². The van der Waals surface area contributed by atoms with Gasteiger partial charge in [0.05, 0.1) is 26.5 Å². The van der Waals surface area contributed by atoms with Gasteiger partial charge in [0.25, 0.3) is 0 Å². The summed E-state index contributed by atoms with van der Waals surface area (Å²) in [6.45, 7) is 0.286. The van der Waals surface area contributed by atoms with Crippen LogP contribution in [0.2, 0.25) is 0 Å². The number of benzene rings is 1. The lowest BCUT2D eigenvalue weighted by Crippen LogP contribution is -2.35. The SMILES string of the molecule is COc1cccc(N(Cc2ccco2)C(=O)CN)c1. The molecule has 2 N–H and O–H groups in total. The fourth-order valence-corrected chi connectivity index (χ4v) is 1.77. The van der Waals surface area contributed by atoms with Crippen molar-refractivity contribution in [2.45, 2.75) is 6.54 Å². The highest BCUT2D eigenvalue weighted by molar-refractivity contribution is 5.94. The number of ether oxygens (including phenoxy) is 1. The molecule has 1 aromatic carbocycles. The maximum Gasteiger partial charge on any atom is 0.241 e. The monoisotopic (exact) mass is 260 g/mol. The predicted molar refractivity (Wildman–Crippen MR) is 71.9 cm³/mol. The van der Waals surface area contributed by atoms with Crippen LogP contribution in [-0.2, 0) is 11.3 Å². The number of furan rings is 1. The largest absolute Gasteiger partial charge is 0.497 e. The average Bonchev–Trinajstić information content (AvgIpc) is 2.97. The Morgan fingerprint density at radius 3 is 2.84 bits per heavy atom. The number of carbonyl (C=O) groups excluding carboxylic acids is 1. The highest BCUT2D eigenvalue weighted by Crippen LogP contribution is 2.22. The molecule has 0 aliphatic heterocycles. The van der Waals surface area contributed by atoms with E-state index in [-0.39, 0.29) is 12.5 Å². The third kappa shape index (κ3) is 3.14. The number of hydrogen-bond acceptors (Lipinski definition) is 4. The number of amides is 1. The van der Waals surface area contributed by atoms with Crippen molar-refractivity contribution in [2.75, 3.05) is 18.6 Å². The fraction of sp³-hybridized carbons (Fsp3) is 0.214. The number of methoxy groups -OCH3 is 1. The van der Waals surface area contributed by atoms with Crippen LogP contribution in [0.25, 0.3) is 0 Å². The Morgan fingerprint density at radius 2 is 2.21 bits per heavy atom. The van der Waals surface area contributed by atoms with Crippen molar-refractivity contribution in [2.24, 2.45) is 5.73 Å². The summed E-state index contributed by atoms with van der Waals surface area (Å²) in [7, 11) is 1.58. The van der Waals surface area contributed by atoms with Gasteiger partial charge in [0.2, 0.25) is 5.91 Å². The molecule has 0 unspecified atom stereocenters. The Kier molecular flexibility index (Phi) is 4.20. The Hall–Kier alpha value is -2.27. The smallest absolute Gasteiger partial charge is 0.241 e. The van der Waals surface area contributed by atoms with Crippen LogP contribution in [0.1, 0.15) is 5.76 Å². The van der Waals surface area contributed by atoms with Crippen LogP contribution in [0.15, 0.2) is 47.1 Å². The maximum absolute atomic E-state index is 12.0. The van der Waals surface area contributed by atoms with E-state index in [4.69, 9.17) is 14.9 Å².